The van der Waals surface area contributed by atoms with E-state index >= 15 is 0 Å². The number of nitrogens with one attached hydrogen (secondary N) is 1. The lowest BCUT2D eigenvalue weighted by atomic mass is 9.69. The molecule has 3 aromatic rings. The van der Waals surface area contributed by atoms with Gasteiger partial charge in [0.15, 0.2) is 0 Å². The van der Waals surface area contributed by atoms with E-state index in [1.807, 2.05) is 86.6 Å². The van der Waals surface area contributed by atoms with Gasteiger partial charge in [0, 0.05) is 17.2 Å². The van der Waals surface area contributed by atoms with Crippen LogP contribution in [0.5, 0.6) is 0 Å². The van der Waals surface area contributed by atoms with Gasteiger partial charge in [-0.3, -0.25) is 9.69 Å². The van der Waals surface area contributed by atoms with E-state index in [9.17, 15) is 14.9 Å². The second-order valence-corrected chi connectivity index (χ2v) is 13.4. The summed E-state index contributed by atoms with van der Waals surface area (Å²) in [4.78, 5) is 29.1. The lowest BCUT2D eigenvalue weighted by Crippen LogP contribution is -2.46. The number of nitrogens with zero attached hydrogens (tertiary/aromatic N) is 4. The van der Waals surface area contributed by atoms with Gasteiger partial charge in [0.1, 0.15) is 0 Å². The fraction of sp³-hybridized carbons (Fsp3) is 0.421. The molecule has 0 saturated heterocycles. The Hall–Kier alpha value is -4.48. The normalized spacial score (nSPS) is 22.8. The Kier molecular flexibility index (Phi) is 9.23. The fourth-order valence-electron chi connectivity index (χ4n) is 7.25. The van der Waals surface area contributed by atoms with Crippen LogP contribution >= 0.6 is 0 Å². The monoisotopic (exact) mass is 616 g/mol. The van der Waals surface area contributed by atoms with E-state index in [2.05, 4.69) is 17.5 Å². The van der Waals surface area contributed by atoms with Gasteiger partial charge < -0.3 is 11.1 Å². The number of nitriles is 1. The van der Waals surface area contributed by atoms with Crippen LogP contribution in [0, 0.1) is 23.2 Å². The smallest absolute Gasteiger partial charge is 0.325 e. The molecule has 46 heavy (non-hydrogen) atoms. The zero-order valence-electron chi connectivity index (χ0n) is 26.9. The molecule has 8 nitrogen and oxygen atoms in total. The van der Waals surface area contributed by atoms with Crippen molar-refractivity contribution in [1.29, 1.82) is 5.26 Å². The molecule has 2 fully saturated rings. The highest BCUT2D eigenvalue weighted by molar-refractivity contribution is 6.14. The van der Waals surface area contributed by atoms with Crippen LogP contribution in [-0.4, -0.2) is 34.7 Å². The van der Waals surface area contributed by atoms with E-state index in [4.69, 9.17) is 10.8 Å². The number of benzene rings is 3. The fourth-order valence-corrected chi connectivity index (χ4v) is 7.25. The average molecular weight is 617 g/mol. The number of amides is 3. The van der Waals surface area contributed by atoms with Crippen LogP contribution in [0.2, 0.25) is 0 Å². The van der Waals surface area contributed by atoms with Gasteiger partial charge in [0.05, 0.1) is 40.7 Å². The van der Waals surface area contributed by atoms with Gasteiger partial charge in [-0.1, -0.05) is 81.6 Å². The zero-order chi connectivity index (χ0) is 32.3. The van der Waals surface area contributed by atoms with Crippen molar-refractivity contribution in [1.82, 2.24) is 5.01 Å². The van der Waals surface area contributed by atoms with Gasteiger partial charge in [-0.15, -0.1) is 0 Å². The number of anilines is 3. The van der Waals surface area contributed by atoms with Crippen molar-refractivity contribution in [3.63, 3.8) is 0 Å². The van der Waals surface area contributed by atoms with Crippen molar-refractivity contribution >= 4 is 34.7 Å². The molecule has 3 aromatic carbocycles. The molecule has 1 aliphatic heterocycles. The van der Waals surface area contributed by atoms with Crippen LogP contribution in [-0.2, 0) is 10.2 Å². The van der Waals surface area contributed by atoms with Crippen LogP contribution in [0.25, 0.3) is 0 Å². The summed E-state index contributed by atoms with van der Waals surface area (Å²) in [5, 5.41) is 20.2. The summed E-state index contributed by atoms with van der Waals surface area (Å²) in [7, 11) is 0. The molecule has 2 aliphatic carbocycles. The standard InChI is InChI=1S/C38H44N6O2/c1-26(2)34(40)36(45)41-29-17-19-30(20-18-29)43-33-16-10-9-15-32(33)35(27-11-5-3-6-12-27)42-44(37(43)46)31-21-23-38(25-39,24-22-31)28-13-7-4-8-14-28/h4,7-10,13-20,26-27,31,34H,3,5-6,11-12,21-24,40H2,1-2H3,(H,41,45)/t31?,34-,38?/m0/s1. The maximum absolute atomic E-state index is 14.8. The molecule has 6 rings (SSSR count). The van der Waals surface area contributed by atoms with Crippen molar-refractivity contribution in [3.8, 4) is 6.07 Å². The number of hydrogen-bond acceptors (Lipinski definition) is 5. The number of hydrogen-bond donors (Lipinski definition) is 2. The third-order valence-electron chi connectivity index (χ3n) is 10.1. The number of carbonyl (C=O) groups is 2. The minimum absolute atomic E-state index is 0.0145. The van der Waals surface area contributed by atoms with Crippen LogP contribution in [0.1, 0.15) is 82.8 Å². The molecule has 0 radical (unpaired) electrons. The van der Waals surface area contributed by atoms with Crippen LogP contribution in [0.3, 0.4) is 0 Å². The van der Waals surface area contributed by atoms with E-state index in [0.29, 0.717) is 37.1 Å². The molecule has 1 atom stereocenters. The number of para-hydroxylation sites is 1. The second kappa shape index (κ2) is 13.5. The van der Waals surface area contributed by atoms with Gasteiger partial charge in [0.2, 0.25) is 5.91 Å². The lowest BCUT2D eigenvalue weighted by molar-refractivity contribution is -0.118. The van der Waals surface area contributed by atoms with Gasteiger partial charge >= 0.3 is 6.03 Å². The third-order valence-corrected chi connectivity index (χ3v) is 10.1. The Bertz CT molecular complexity index is 1610. The lowest BCUT2D eigenvalue weighted by Gasteiger charge is -2.39. The van der Waals surface area contributed by atoms with Crippen LogP contribution in [0.4, 0.5) is 21.9 Å². The van der Waals surface area contributed by atoms with Crippen molar-refractivity contribution in [2.24, 2.45) is 22.7 Å². The zero-order valence-corrected chi connectivity index (χ0v) is 26.9. The molecule has 0 unspecified atom stereocenters. The first-order valence-electron chi connectivity index (χ1n) is 16.8. The Labute approximate surface area is 272 Å². The van der Waals surface area contributed by atoms with Crippen molar-refractivity contribution in [3.05, 3.63) is 90.0 Å². The van der Waals surface area contributed by atoms with Crippen molar-refractivity contribution in [2.75, 3.05) is 10.2 Å². The number of hydrazone groups is 1. The second-order valence-electron chi connectivity index (χ2n) is 13.4. The van der Waals surface area contributed by atoms with Crippen molar-refractivity contribution < 1.29 is 9.59 Å². The number of carbonyl (C=O) groups excluding carboxylic acids is 2. The largest absolute Gasteiger partial charge is 0.349 e. The Morgan fingerprint density at radius 2 is 1.59 bits per heavy atom. The van der Waals surface area contributed by atoms with Gasteiger partial charge in [0.25, 0.3) is 0 Å². The number of nitrogens with two attached hydrogens (primary N) is 1. The summed E-state index contributed by atoms with van der Waals surface area (Å²) < 4.78 is 0. The summed E-state index contributed by atoms with van der Waals surface area (Å²) in [5.74, 6) is 0.0524. The summed E-state index contributed by atoms with van der Waals surface area (Å²) in [6.45, 7) is 3.83. The molecule has 3 N–H and O–H groups in total. The van der Waals surface area contributed by atoms with Crippen LogP contribution in [0.15, 0.2) is 84.0 Å². The summed E-state index contributed by atoms with van der Waals surface area (Å²) in [6.07, 6.45) is 8.33. The van der Waals surface area contributed by atoms with Crippen LogP contribution < -0.4 is 16.0 Å². The molecule has 3 amide bonds. The summed E-state index contributed by atoms with van der Waals surface area (Å²) in [5.41, 5.74) is 10.6. The maximum atomic E-state index is 14.8. The highest BCUT2D eigenvalue weighted by Gasteiger charge is 2.43. The molecular formula is C38H44N6O2. The van der Waals surface area contributed by atoms with Gasteiger partial charge in [-0.05, 0) is 80.3 Å². The molecule has 8 heteroatoms. The topological polar surface area (TPSA) is 115 Å². The Balaban J connectivity index is 1.35. The highest BCUT2D eigenvalue weighted by Crippen LogP contribution is 2.43. The Morgan fingerprint density at radius 1 is 0.935 bits per heavy atom. The molecular weight excluding hydrogens is 572 g/mol. The SMILES string of the molecule is CC(C)[C@H](N)C(=O)Nc1ccc(N2C(=O)N(C3CCC(C#N)(c4ccccc4)CC3)N=C(C3CCCCC3)c3ccccc32)cc1. The maximum Gasteiger partial charge on any atom is 0.349 e. The molecule has 1 heterocycles. The number of rotatable bonds is 7. The number of urea groups is 1. The summed E-state index contributed by atoms with van der Waals surface area (Å²) >= 11 is 0. The summed E-state index contributed by atoms with van der Waals surface area (Å²) in [6, 6.07) is 27.2. The van der Waals surface area contributed by atoms with E-state index < -0.39 is 11.5 Å². The third kappa shape index (κ3) is 6.17. The quantitative estimate of drug-likeness (QED) is 0.281. The molecule has 0 aromatic heterocycles. The van der Waals surface area contributed by atoms with Gasteiger partial charge in [-0.25, -0.2) is 9.80 Å². The highest BCUT2D eigenvalue weighted by atomic mass is 16.2. The minimum Gasteiger partial charge on any atom is -0.325 e. The minimum atomic E-state index is -0.611. The first-order chi connectivity index (χ1) is 22.3. The molecule has 0 bridgehead atoms. The first kappa shape index (κ1) is 31.5. The molecule has 0 spiro atoms. The number of fused-ring (bicyclic) bond motifs is 1. The first-order valence-corrected chi connectivity index (χ1v) is 16.8. The predicted octanol–water partition coefficient (Wildman–Crippen LogP) is 7.87. The van der Waals surface area contributed by atoms with E-state index in [1.54, 1.807) is 9.91 Å². The van der Waals surface area contributed by atoms with Gasteiger partial charge in [-0.2, -0.15) is 10.4 Å². The van der Waals surface area contributed by atoms with E-state index in [0.717, 1.165) is 48.2 Å². The van der Waals surface area contributed by atoms with Crippen molar-refractivity contribution in [2.45, 2.75) is 89.1 Å². The Morgan fingerprint density at radius 3 is 2.24 bits per heavy atom. The molecule has 2 saturated carbocycles. The predicted molar refractivity (Wildman–Crippen MR) is 183 cm³/mol. The van der Waals surface area contributed by atoms with E-state index in [-0.39, 0.29) is 29.8 Å². The molecule has 3 aliphatic rings. The van der Waals surface area contributed by atoms with E-state index in [1.165, 1.54) is 6.42 Å². The average Bonchev–Trinajstić information content (AvgIpc) is 3.23. The molecule has 238 valence electrons.